The summed E-state index contributed by atoms with van der Waals surface area (Å²) < 4.78 is 0. The summed E-state index contributed by atoms with van der Waals surface area (Å²) in [5.74, 6) is 0. The predicted molar refractivity (Wildman–Crippen MR) is 178 cm³/mol. The molecular formula is C36H60N6O3. The molecule has 0 spiro atoms. The van der Waals surface area contributed by atoms with Gasteiger partial charge in [-0.1, -0.05) is 62.3 Å². The van der Waals surface area contributed by atoms with Gasteiger partial charge in [-0.05, 0) is 90.3 Å². The smallest absolute Gasteiger partial charge is 0.235 e. The Labute approximate surface area is 272 Å². The highest BCUT2D eigenvalue weighted by Crippen LogP contribution is 2.50. The molecule has 6 atom stereocenters. The highest BCUT2D eigenvalue weighted by Gasteiger charge is 2.47. The maximum absolute atomic E-state index is 11.3. The summed E-state index contributed by atoms with van der Waals surface area (Å²) >= 11 is 0. The summed E-state index contributed by atoms with van der Waals surface area (Å²) in [6.45, 7) is 26.4. The third-order valence-corrected chi connectivity index (χ3v) is 11.0. The second-order valence-corrected chi connectivity index (χ2v) is 19.2. The first-order valence-corrected chi connectivity index (χ1v) is 17.2. The number of aliphatic imine (C=N–C) groups is 3. The van der Waals surface area contributed by atoms with Crippen LogP contribution in [0.5, 0.6) is 0 Å². The minimum absolute atomic E-state index is 0.0191. The number of isocyanates is 3. The largest absolute Gasteiger partial charge is 0.277 e. The van der Waals surface area contributed by atoms with Crippen LogP contribution in [0.25, 0.3) is 0 Å². The van der Waals surface area contributed by atoms with E-state index in [1.165, 1.54) is 0 Å². The molecule has 9 heteroatoms. The zero-order valence-corrected chi connectivity index (χ0v) is 29.7. The van der Waals surface area contributed by atoms with Gasteiger partial charge in [-0.15, -0.1) is 0 Å². The van der Waals surface area contributed by atoms with E-state index in [4.69, 9.17) is 0 Å². The molecule has 252 valence electrons. The molecular weight excluding hydrogens is 564 g/mol. The first-order valence-electron chi connectivity index (χ1n) is 17.2. The number of nitrogens with zero attached hydrogens (tertiary/aromatic N) is 6. The molecule has 0 amide bonds. The first-order chi connectivity index (χ1) is 20.8. The highest BCUT2D eigenvalue weighted by molar-refractivity contribution is 5.34. The normalized spacial score (nSPS) is 38.7. The third-order valence-electron chi connectivity index (χ3n) is 11.0. The van der Waals surface area contributed by atoms with Crippen LogP contribution in [0.15, 0.2) is 15.0 Å². The minimum Gasteiger partial charge on any atom is -0.277 e. The van der Waals surface area contributed by atoms with Crippen molar-refractivity contribution in [3.05, 3.63) is 0 Å². The van der Waals surface area contributed by atoms with Crippen LogP contribution in [0.1, 0.15) is 120 Å². The zero-order chi connectivity index (χ0) is 33.3. The summed E-state index contributed by atoms with van der Waals surface area (Å²) in [4.78, 5) is 54.3. The quantitative estimate of drug-likeness (QED) is 0.213. The molecule has 0 bridgehead atoms. The molecule has 45 heavy (non-hydrogen) atoms. The van der Waals surface area contributed by atoms with Crippen LogP contribution in [0.4, 0.5) is 0 Å². The lowest BCUT2D eigenvalue weighted by molar-refractivity contribution is -0.0945. The van der Waals surface area contributed by atoms with Gasteiger partial charge in [0.1, 0.15) is 0 Å². The molecule has 0 aromatic heterocycles. The van der Waals surface area contributed by atoms with Crippen molar-refractivity contribution in [3.63, 3.8) is 0 Å². The van der Waals surface area contributed by atoms with Gasteiger partial charge in [-0.25, -0.2) is 29.4 Å². The van der Waals surface area contributed by atoms with Crippen LogP contribution in [0, 0.1) is 32.5 Å². The average Bonchev–Trinajstić information content (AvgIpc) is 2.79. The molecule has 3 saturated carbocycles. The molecule has 4 fully saturated rings. The molecule has 3 aliphatic carbocycles. The Hall–Kier alpha value is -1.98. The number of hydrogen-bond acceptors (Lipinski definition) is 9. The fourth-order valence-electron chi connectivity index (χ4n) is 11.5. The molecule has 1 saturated heterocycles. The van der Waals surface area contributed by atoms with E-state index < -0.39 is 0 Å². The van der Waals surface area contributed by atoms with Crippen molar-refractivity contribution in [3.8, 4) is 0 Å². The van der Waals surface area contributed by atoms with Crippen LogP contribution >= 0.6 is 0 Å². The zero-order valence-electron chi connectivity index (χ0n) is 29.7. The van der Waals surface area contributed by atoms with E-state index in [0.29, 0.717) is 0 Å². The molecule has 0 aromatic carbocycles. The van der Waals surface area contributed by atoms with Crippen molar-refractivity contribution < 1.29 is 14.4 Å². The number of hydrogen-bond donors (Lipinski definition) is 0. The first kappa shape index (κ1) is 35.9. The van der Waals surface area contributed by atoms with Gasteiger partial charge < -0.3 is 0 Å². The maximum Gasteiger partial charge on any atom is 0.235 e. The average molecular weight is 625 g/mol. The molecule has 9 nitrogen and oxygen atoms in total. The molecule has 0 aromatic rings. The lowest BCUT2D eigenvalue weighted by atomic mass is 9.62. The van der Waals surface area contributed by atoms with Gasteiger partial charge in [0.05, 0.1) is 38.1 Å². The standard InChI is InChI=1S/C36H60N6O3/c1-31(2)10-28(37-22-43)13-34(7,16-31)19-40-25-41(20-35(8)14-29(38-23-44)11-32(3,4)17-35)27-42(26-40)21-36(9)15-30(39-24-45)12-33(5,6)18-36/h28-30H,10-21,25-27H2,1-9H3. The van der Waals surface area contributed by atoms with Crippen molar-refractivity contribution in [1.82, 2.24) is 14.7 Å². The fourth-order valence-corrected chi connectivity index (χ4v) is 11.5. The van der Waals surface area contributed by atoms with Crippen molar-refractivity contribution in [1.29, 1.82) is 0 Å². The van der Waals surface area contributed by atoms with Crippen molar-refractivity contribution in [2.45, 2.75) is 138 Å². The Bertz CT molecular complexity index is 1060. The van der Waals surface area contributed by atoms with Gasteiger partial charge in [0, 0.05) is 19.6 Å². The van der Waals surface area contributed by atoms with E-state index in [1.807, 2.05) is 18.2 Å². The summed E-state index contributed by atoms with van der Waals surface area (Å²) in [6.07, 6.45) is 14.3. The number of rotatable bonds is 9. The summed E-state index contributed by atoms with van der Waals surface area (Å²) in [5.41, 5.74) is 0.417. The van der Waals surface area contributed by atoms with E-state index in [9.17, 15) is 14.4 Å². The van der Waals surface area contributed by atoms with Crippen molar-refractivity contribution >= 4 is 18.2 Å². The SMILES string of the molecule is CC1(C)CC(N=C=O)CC(C)(CN2CN(CC3(C)CC(N=C=O)CC(C)(C)C3)CN(CC3(C)CC(N=C=O)CC(C)(C)C3)C2)C1. The van der Waals surface area contributed by atoms with Gasteiger partial charge in [-0.2, -0.15) is 0 Å². The lowest BCUT2D eigenvalue weighted by Gasteiger charge is -2.54. The van der Waals surface area contributed by atoms with Crippen molar-refractivity contribution in [2.24, 2.45) is 47.5 Å². The van der Waals surface area contributed by atoms with E-state index in [1.54, 1.807) is 0 Å². The van der Waals surface area contributed by atoms with E-state index in [0.717, 1.165) is 97.4 Å². The molecule has 1 aliphatic heterocycles. The van der Waals surface area contributed by atoms with Gasteiger partial charge >= 0.3 is 0 Å². The Morgan fingerprint density at radius 2 is 0.711 bits per heavy atom. The molecule has 1 heterocycles. The monoisotopic (exact) mass is 624 g/mol. The number of carbonyl (C=O) groups excluding carboxylic acids is 3. The highest BCUT2D eigenvalue weighted by atomic mass is 16.1. The summed E-state index contributed by atoms with van der Waals surface area (Å²) in [7, 11) is 0. The van der Waals surface area contributed by atoms with Crippen LogP contribution in [-0.2, 0) is 14.4 Å². The van der Waals surface area contributed by atoms with Gasteiger partial charge in [0.2, 0.25) is 18.2 Å². The Kier molecular flexibility index (Phi) is 10.6. The van der Waals surface area contributed by atoms with Gasteiger partial charge in [0.25, 0.3) is 0 Å². The van der Waals surface area contributed by atoms with Crippen LogP contribution in [-0.4, -0.2) is 90.7 Å². The van der Waals surface area contributed by atoms with E-state index >= 15 is 0 Å². The topological polar surface area (TPSA) is 98.0 Å². The fraction of sp³-hybridized carbons (Fsp3) is 0.917. The summed E-state index contributed by atoms with van der Waals surface area (Å²) in [6, 6.07) is 0.0573. The molecule has 4 rings (SSSR count). The molecule has 0 N–H and O–H groups in total. The molecule has 0 radical (unpaired) electrons. The predicted octanol–water partition coefficient (Wildman–Crippen LogP) is 6.54. The third kappa shape index (κ3) is 10.0. The molecule has 6 unspecified atom stereocenters. The Morgan fingerprint density at radius 3 is 0.933 bits per heavy atom. The Morgan fingerprint density at radius 1 is 0.467 bits per heavy atom. The van der Waals surface area contributed by atoms with Gasteiger partial charge in [0.15, 0.2) is 0 Å². The van der Waals surface area contributed by atoms with Gasteiger partial charge in [-0.3, -0.25) is 14.7 Å². The summed E-state index contributed by atoms with van der Waals surface area (Å²) in [5, 5.41) is 0. The second-order valence-electron chi connectivity index (χ2n) is 19.2. The van der Waals surface area contributed by atoms with Crippen LogP contribution in [0.2, 0.25) is 0 Å². The van der Waals surface area contributed by atoms with Crippen LogP contribution < -0.4 is 0 Å². The Balaban J connectivity index is 1.59. The lowest BCUT2D eigenvalue weighted by Crippen LogP contribution is -2.61. The second kappa shape index (κ2) is 13.3. The van der Waals surface area contributed by atoms with E-state index in [2.05, 4.69) is 92.0 Å². The van der Waals surface area contributed by atoms with Crippen LogP contribution in [0.3, 0.4) is 0 Å². The van der Waals surface area contributed by atoms with E-state index in [-0.39, 0.29) is 50.6 Å². The maximum atomic E-state index is 11.3. The van der Waals surface area contributed by atoms with Crippen molar-refractivity contribution in [2.75, 3.05) is 39.6 Å². The molecule has 4 aliphatic rings. The minimum atomic E-state index is 0.0191.